The zero-order valence-corrected chi connectivity index (χ0v) is 9.30. The Morgan fingerprint density at radius 2 is 1.00 bits per heavy atom. The van der Waals surface area contributed by atoms with Crippen molar-refractivity contribution in [1.29, 1.82) is 0 Å². The topological polar surface area (TPSA) is 18.5 Å². The van der Waals surface area contributed by atoms with Crippen molar-refractivity contribution in [2.75, 3.05) is 26.4 Å². The van der Waals surface area contributed by atoms with Gasteiger partial charge in [-0.3, -0.25) is 0 Å². The molecular weight excluding hydrogens is 176 g/mol. The maximum atomic E-state index is 5.33. The lowest BCUT2D eigenvalue weighted by molar-refractivity contribution is 0.125. The molecule has 2 radical (unpaired) electrons. The maximum absolute atomic E-state index is 5.33. The molecule has 0 N–H and O–H groups in total. The van der Waals surface area contributed by atoms with E-state index in [9.17, 15) is 0 Å². The molecule has 14 heavy (non-hydrogen) atoms. The molecular formula is C12H24O2. The van der Waals surface area contributed by atoms with Crippen molar-refractivity contribution in [2.24, 2.45) is 0 Å². The van der Waals surface area contributed by atoms with E-state index >= 15 is 0 Å². The first kappa shape index (κ1) is 13.9. The molecule has 0 atom stereocenters. The summed E-state index contributed by atoms with van der Waals surface area (Å²) in [5.74, 6) is 0. The van der Waals surface area contributed by atoms with Gasteiger partial charge in [-0.25, -0.2) is 0 Å². The Morgan fingerprint density at radius 3 is 1.36 bits per heavy atom. The fraction of sp³-hybridized carbons (Fsp3) is 0.833. The predicted molar refractivity (Wildman–Crippen MR) is 60.1 cm³/mol. The standard InChI is InChI=1S/C12H24O2/c1-3-9-13-11-7-5-6-8-12-14-10-4-2/h1-12H2. The monoisotopic (exact) mass is 200 g/mol. The molecule has 0 bridgehead atoms. The molecule has 0 aliphatic rings. The van der Waals surface area contributed by atoms with Crippen molar-refractivity contribution in [3.8, 4) is 0 Å². The van der Waals surface area contributed by atoms with Gasteiger partial charge < -0.3 is 9.47 Å². The molecule has 0 unspecified atom stereocenters. The van der Waals surface area contributed by atoms with E-state index < -0.39 is 0 Å². The highest BCUT2D eigenvalue weighted by molar-refractivity contribution is 4.44. The largest absolute Gasteiger partial charge is 0.381 e. The average molecular weight is 200 g/mol. The normalized spacial score (nSPS) is 10.7. The molecule has 0 aliphatic carbocycles. The first-order valence-corrected chi connectivity index (χ1v) is 5.65. The molecule has 0 saturated carbocycles. The van der Waals surface area contributed by atoms with Crippen LogP contribution >= 0.6 is 0 Å². The summed E-state index contributed by atoms with van der Waals surface area (Å²) in [4.78, 5) is 0. The lowest BCUT2D eigenvalue weighted by Crippen LogP contribution is -1.97. The van der Waals surface area contributed by atoms with E-state index in [1.807, 2.05) is 0 Å². The summed E-state index contributed by atoms with van der Waals surface area (Å²) in [6, 6.07) is 0. The Labute approximate surface area is 89.0 Å². The number of hydrogen-bond donors (Lipinski definition) is 0. The lowest BCUT2D eigenvalue weighted by Gasteiger charge is -2.03. The van der Waals surface area contributed by atoms with E-state index in [1.165, 1.54) is 12.8 Å². The Hall–Kier alpha value is -0.0800. The Kier molecular flexibility index (Phi) is 12.8. The molecule has 0 rings (SSSR count). The second-order valence-corrected chi connectivity index (χ2v) is 3.35. The van der Waals surface area contributed by atoms with Gasteiger partial charge in [0.2, 0.25) is 0 Å². The highest BCUT2D eigenvalue weighted by Crippen LogP contribution is 2.00. The maximum Gasteiger partial charge on any atom is 0.0466 e. The number of rotatable bonds is 11. The summed E-state index contributed by atoms with van der Waals surface area (Å²) < 4.78 is 10.7. The molecule has 0 heterocycles. The van der Waals surface area contributed by atoms with Crippen LogP contribution in [0.2, 0.25) is 0 Å². The van der Waals surface area contributed by atoms with Crippen LogP contribution in [-0.2, 0) is 9.47 Å². The van der Waals surface area contributed by atoms with Crippen molar-refractivity contribution in [2.45, 2.75) is 38.5 Å². The highest BCUT2D eigenvalue weighted by Gasteiger charge is 1.91. The summed E-state index contributed by atoms with van der Waals surface area (Å²) in [7, 11) is 0. The highest BCUT2D eigenvalue weighted by atomic mass is 16.5. The summed E-state index contributed by atoms with van der Waals surface area (Å²) in [6.07, 6.45) is 6.55. The molecule has 0 amide bonds. The van der Waals surface area contributed by atoms with E-state index in [-0.39, 0.29) is 0 Å². The second-order valence-electron chi connectivity index (χ2n) is 3.35. The van der Waals surface area contributed by atoms with Crippen LogP contribution in [0.25, 0.3) is 0 Å². The van der Waals surface area contributed by atoms with E-state index in [2.05, 4.69) is 13.8 Å². The van der Waals surface area contributed by atoms with Crippen molar-refractivity contribution in [1.82, 2.24) is 0 Å². The zero-order chi connectivity index (χ0) is 10.5. The number of unbranched alkanes of at least 4 members (excludes halogenated alkanes) is 3. The minimum Gasteiger partial charge on any atom is -0.381 e. The van der Waals surface area contributed by atoms with E-state index in [0.29, 0.717) is 0 Å². The molecule has 0 aromatic rings. The molecule has 0 spiro atoms. The first-order chi connectivity index (χ1) is 6.91. The van der Waals surface area contributed by atoms with Gasteiger partial charge in [0.25, 0.3) is 0 Å². The summed E-state index contributed by atoms with van der Waals surface area (Å²) in [5, 5.41) is 0. The molecule has 2 nitrogen and oxygen atoms in total. The van der Waals surface area contributed by atoms with Gasteiger partial charge >= 0.3 is 0 Å². The molecule has 2 heteroatoms. The molecule has 84 valence electrons. The Balaban J connectivity index is 2.78. The molecule has 0 aromatic carbocycles. The van der Waals surface area contributed by atoms with Gasteiger partial charge in [-0.15, -0.1) is 0 Å². The van der Waals surface area contributed by atoms with Crippen molar-refractivity contribution < 1.29 is 9.47 Å². The van der Waals surface area contributed by atoms with Crippen LogP contribution in [-0.4, -0.2) is 26.4 Å². The van der Waals surface area contributed by atoms with Crippen molar-refractivity contribution >= 4 is 0 Å². The minimum atomic E-state index is 0.798. The summed E-state index contributed by atoms with van der Waals surface area (Å²) >= 11 is 0. The van der Waals surface area contributed by atoms with Gasteiger partial charge in [0.1, 0.15) is 0 Å². The number of ether oxygens (including phenoxy) is 2. The van der Waals surface area contributed by atoms with Crippen molar-refractivity contribution in [3.63, 3.8) is 0 Å². The third-order valence-corrected chi connectivity index (χ3v) is 1.90. The van der Waals surface area contributed by atoms with Gasteiger partial charge in [-0.2, -0.15) is 0 Å². The van der Waals surface area contributed by atoms with Crippen molar-refractivity contribution in [3.05, 3.63) is 13.8 Å². The second kappa shape index (κ2) is 12.9. The molecule has 0 saturated heterocycles. The van der Waals surface area contributed by atoms with Crippen LogP contribution in [0.4, 0.5) is 0 Å². The summed E-state index contributed by atoms with van der Waals surface area (Å²) in [6.45, 7) is 10.8. The quantitative estimate of drug-likeness (QED) is 0.477. The predicted octanol–water partition coefficient (Wildman–Crippen LogP) is 3.03. The third kappa shape index (κ3) is 11.9. The van der Waals surface area contributed by atoms with E-state index in [1.54, 1.807) is 0 Å². The van der Waals surface area contributed by atoms with E-state index in [4.69, 9.17) is 9.47 Å². The molecule has 0 aromatic heterocycles. The van der Waals surface area contributed by atoms with Gasteiger partial charge in [0.15, 0.2) is 0 Å². The SMILES string of the molecule is [CH2]CCOCCCCCCOCC[CH2]. The lowest BCUT2D eigenvalue weighted by atomic mass is 10.2. The van der Waals surface area contributed by atoms with Crippen LogP contribution in [0.15, 0.2) is 0 Å². The van der Waals surface area contributed by atoms with Gasteiger partial charge in [0, 0.05) is 26.4 Å². The van der Waals surface area contributed by atoms with Gasteiger partial charge in [-0.1, -0.05) is 26.7 Å². The third-order valence-electron chi connectivity index (χ3n) is 1.90. The summed E-state index contributed by atoms with van der Waals surface area (Å²) in [5.41, 5.74) is 0. The fourth-order valence-electron chi connectivity index (χ4n) is 1.17. The zero-order valence-electron chi connectivity index (χ0n) is 9.30. The van der Waals surface area contributed by atoms with Crippen LogP contribution in [0, 0.1) is 13.8 Å². The van der Waals surface area contributed by atoms with E-state index in [0.717, 1.165) is 52.1 Å². The Bertz CT molecular complexity index is 82.3. The van der Waals surface area contributed by atoms with Crippen LogP contribution < -0.4 is 0 Å². The van der Waals surface area contributed by atoms with Crippen LogP contribution in [0.5, 0.6) is 0 Å². The first-order valence-electron chi connectivity index (χ1n) is 5.65. The van der Waals surface area contributed by atoms with Crippen LogP contribution in [0.1, 0.15) is 38.5 Å². The van der Waals surface area contributed by atoms with Gasteiger partial charge in [-0.05, 0) is 25.7 Å². The molecule has 0 fully saturated rings. The fourth-order valence-corrected chi connectivity index (χ4v) is 1.17. The average Bonchev–Trinajstić information content (AvgIpc) is 2.21. The van der Waals surface area contributed by atoms with Crippen LogP contribution in [0.3, 0.4) is 0 Å². The Morgan fingerprint density at radius 1 is 0.571 bits per heavy atom. The number of hydrogen-bond acceptors (Lipinski definition) is 2. The van der Waals surface area contributed by atoms with Gasteiger partial charge in [0.05, 0.1) is 0 Å². The smallest absolute Gasteiger partial charge is 0.0466 e. The molecule has 0 aliphatic heterocycles. The minimum absolute atomic E-state index is 0.798.